The van der Waals surface area contributed by atoms with Crippen LogP contribution in [0.5, 0.6) is 5.88 Å². The second-order valence-electron chi connectivity index (χ2n) is 5.40. The molecule has 0 unspecified atom stereocenters. The number of aromatic nitrogens is 5. The standard InChI is InChI=1S/C17H12N6O2/c1-25-16-11(8-18)7-13-14(21-16)3-6-22(17(13)24)10-12-9-20-23-5-2-4-19-15(12)23/h2-7,9H,10H2,1H3. The third-order valence-electron chi connectivity index (χ3n) is 3.93. The molecule has 8 nitrogen and oxygen atoms in total. The zero-order valence-corrected chi connectivity index (χ0v) is 13.2. The van der Waals surface area contributed by atoms with Crippen molar-refractivity contribution in [1.29, 1.82) is 5.26 Å². The minimum absolute atomic E-state index is 0.207. The lowest BCUT2D eigenvalue weighted by molar-refractivity contribution is 0.398. The van der Waals surface area contributed by atoms with E-state index in [4.69, 9.17) is 4.74 Å². The third-order valence-corrected chi connectivity index (χ3v) is 3.93. The smallest absolute Gasteiger partial charge is 0.260 e. The Morgan fingerprint density at radius 1 is 1.36 bits per heavy atom. The van der Waals surface area contributed by atoms with Gasteiger partial charge in [-0.15, -0.1) is 0 Å². The van der Waals surface area contributed by atoms with Gasteiger partial charge in [-0.2, -0.15) is 10.4 Å². The summed E-state index contributed by atoms with van der Waals surface area (Å²) >= 11 is 0. The maximum absolute atomic E-state index is 12.8. The monoisotopic (exact) mass is 332 g/mol. The van der Waals surface area contributed by atoms with Crippen molar-refractivity contribution >= 4 is 16.6 Å². The van der Waals surface area contributed by atoms with E-state index in [0.717, 1.165) is 5.56 Å². The molecular formula is C17H12N6O2. The summed E-state index contributed by atoms with van der Waals surface area (Å²) in [4.78, 5) is 21.3. The Hall–Kier alpha value is -3.73. The topological polar surface area (TPSA) is 98.1 Å². The lowest BCUT2D eigenvalue weighted by Crippen LogP contribution is -2.20. The summed E-state index contributed by atoms with van der Waals surface area (Å²) in [5.41, 5.74) is 1.99. The Morgan fingerprint density at radius 2 is 2.24 bits per heavy atom. The molecule has 8 heteroatoms. The summed E-state index contributed by atoms with van der Waals surface area (Å²) in [5.74, 6) is 0.207. The van der Waals surface area contributed by atoms with Crippen molar-refractivity contribution < 1.29 is 4.74 Å². The molecule has 0 saturated carbocycles. The van der Waals surface area contributed by atoms with E-state index in [1.54, 1.807) is 46.0 Å². The first-order chi connectivity index (χ1) is 12.2. The van der Waals surface area contributed by atoms with Crippen LogP contribution in [0.1, 0.15) is 11.1 Å². The molecule has 0 aromatic carbocycles. The van der Waals surface area contributed by atoms with Crippen LogP contribution in [0.2, 0.25) is 0 Å². The summed E-state index contributed by atoms with van der Waals surface area (Å²) in [6.07, 6.45) is 6.82. The fourth-order valence-electron chi connectivity index (χ4n) is 2.72. The van der Waals surface area contributed by atoms with Gasteiger partial charge in [-0.3, -0.25) is 4.79 Å². The van der Waals surface area contributed by atoms with Crippen molar-refractivity contribution in [2.45, 2.75) is 6.54 Å². The summed E-state index contributed by atoms with van der Waals surface area (Å²) in [6.45, 7) is 0.323. The van der Waals surface area contributed by atoms with Crippen LogP contribution in [0.4, 0.5) is 0 Å². The summed E-state index contributed by atoms with van der Waals surface area (Å²) in [6, 6.07) is 7.01. The molecule has 4 rings (SSSR count). The van der Waals surface area contributed by atoms with E-state index in [-0.39, 0.29) is 17.0 Å². The highest BCUT2D eigenvalue weighted by Crippen LogP contribution is 2.19. The maximum atomic E-state index is 12.8. The fourth-order valence-corrected chi connectivity index (χ4v) is 2.72. The van der Waals surface area contributed by atoms with Crippen LogP contribution in [0.25, 0.3) is 16.6 Å². The number of ether oxygens (including phenoxy) is 1. The molecule has 0 radical (unpaired) electrons. The van der Waals surface area contributed by atoms with Crippen molar-refractivity contribution in [2.75, 3.05) is 7.11 Å². The molecule has 25 heavy (non-hydrogen) atoms. The molecule has 0 aliphatic carbocycles. The Bertz CT molecular complexity index is 1200. The van der Waals surface area contributed by atoms with Crippen molar-refractivity contribution in [3.63, 3.8) is 0 Å². The molecule has 0 amide bonds. The van der Waals surface area contributed by atoms with Crippen molar-refractivity contribution in [2.24, 2.45) is 0 Å². The predicted molar refractivity (Wildman–Crippen MR) is 89.4 cm³/mol. The Morgan fingerprint density at radius 3 is 3.04 bits per heavy atom. The zero-order valence-electron chi connectivity index (χ0n) is 13.2. The molecule has 122 valence electrons. The number of pyridine rings is 2. The molecule has 0 aliphatic heterocycles. The largest absolute Gasteiger partial charge is 0.480 e. The number of rotatable bonds is 3. The average Bonchev–Trinajstić information content (AvgIpc) is 3.06. The number of hydrogen-bond acceptors (Lipinski definition) is 6. The van der Waals surface area contributed by atoms with Crippen LogP contribution in [-0.2, 0) is 6.54 Å². The van der Waals surface area contributed by atoms with Crippen molar-refractivity contribution in [1.82, 2.24) is 24.1 Å². The average molecular weight is 332 g/mol. The molecule has 0 fully saturated rings. The lowest BCUT2D eigenvalue weighted by atomic mass is 10.2. The van der Waals surface area contributed by atoms with E-state index in [0.29, 0.717) is 23.1 Å². The molecular weight excluding hydrogens is 320 g/mol. The van der Waals surface area contributed by atoms with Crippen LogP contribution in [-0.4, -0.2) is 31.3 Å². The van der Waals surface area contributed by atoms with Gasteiger partial charge in [-0.1, -0.05) is 0 Å². The van der Waals surface area contributed by atoms with Gasteiger partial charge < -0.3 is 9.30 Å². The van der Waals surface area contributed by atoms with Crippen LogP contribution in [0.15, 0.2) is 47.8 Å². The highest BCUT2D eigenvalue weighted by atomic mass is 16.5. The van der Waals surface area contributed by atoms with Gasteiger partial charge in [0, 0.05) is 24.2 Å². The number of hydrogen-bond donors (Lipinski definition) is 0. The molecule has 0 bridgehead atoms. The van der Waals surface area contributed by atoms with E-state index < -0.39 is 0 Å². The predicted octanol–water partition coefficient (Wildman–Crippen LogP) is 1.37. The molecule has 0 spiro atoms. The highest BCUT2D eigenvalue weighted by molar-refractivity contribution is 5.80. The van der Waals surface area contributed by atoms with Gasteiger partial charge in [0.1, 0.15) is 11.6 Å². The number of nitrogens with zero attached hydrogens (tertiary/aromatic N) is 6. The minimum Gasteiger partial charge on any atom is -0.480 e. The summed E-state index contributed by atoms with van der Waals surface area (Å²) in [5, 5.41) is 13.8. The van der Waals surface area contributed by atoms with Crippen LogP contribution in [0.3, 0.4) is 0 Å². The van der Waals surface area contributed by atoms with Gasteiger partial charge in [0.05, 0.1) is 30.8 Å². The first kappa shape index (κ1) is 14.8. The Kier molecular flexibility index (Phi) is 3.40. The van der Waals surface area contributed by atoms with Gasteiger partial charge in [0.15, 0.2) is 5.65 Å². The number of fused-ring (bicyclic) bond motifs is 2. The Labute approximate surface area is 141 Å². The quantitative estimate of drug-likeness (QED) is 0.562. The van der Waals surface area contributed by atoms with E-state index in [9.17, 15) is 10.1 Å². The number of methoxy groups -OCH3 is 1. The third kappa shape index (κ3) is 2.38. The second kappa shape index (κ2) is 5.72. The van der Waals surface area contributed by atoms with Gasteiger partial charge >= 0.3 is 0 Å². The first-order valence-electron chi connectivity index (χ1n) is 7.47. The van der Waals surface area contributed by atoms with E-state index >= 15 is 0 Å². The summed E-state index contributed by atoms with van der Waals surface area (Å²) < 4.78 is 8.29. The van der Waals surface area contributed by atoms with Gasteiger partial charge in [-0.05, 0) is 18.2 Å². The maximum Gasteiger partial charge on any atom is 0.260 e. The fraction of sp³-hybridized carbons (Fsp3) is 0.118. The van der Waals surface area contributed by atoms with Gasteiger partial charge in [0.2, 0.25) is 5.88 Å². The molecule has 0 saturated heterocycles. The lowest BCUT2D eigenvalue weighted by Gasteiger charge is -2.08. The van der Waals surface area contributed by atoms with Crippen molar-refractivity contribution in [3.05, 3.63) is 64.5 Å². The molecule has 4 heterocycles. The molecule has 0 aliphatic rings. The van der Waals surface area contributed by atoms with Gasteiger partial charge in [-0.25, -0.2) is 14.5 Å². The second-order valence-corrected chi connectivity index (χ2v) is 5.40. The highest BCUT2D eigenvalue weighted by Gasteiger charge is 2.12. The van der Waals surface area contributed by atoms with Crippen LogP contribution >= 0.6 is 0 Å². The van der Waals surface area contributed by atoms with E-state index in [1.807, 2.05) is 6.07 Å². The zero-order chi connectivity index (χ0) is 17.4. The van der Waals surface area contributed by atoms with E-state index in [2.05, 4.69) is 15.1 Å². The SMILES string of the molecule is COc1nc2ccn(Cc3cnn4cccnc34)c(=O)c2cc1C#N. The minimum atomic E-state index is -0.237. The molecule has 4 aromatic heterocycles. The van der Waals surface area contributed by atoms with Crippen LogP contribution in [0, 0.1) is 11.3 Å². The summed E-state index contributed by atoms with van der Waals surface area (Å²) in [7, 11) is 1.44. The molecule has 0 N–H and O–H groups in total. The molecule has 0 atom stereocenters. The first-order valence-corrected chi connectivity index (χ1v) is 7.47. The number of nitriles is 1. The van der Waals surface area contributed by atoms with Gasteiger partial charge in [0.25, 0.3) is 5.56 Å². The van der Waals surface area contributed by atoms with E-state index in [1.165, 1.54) is 13.2 Å². The Balaban J connectivity index is 1.84. The normalized spacial score (nSPS) is 10.9. The van der Waals surface area contributed by atoms with Crippen LogP contribution < -0.4 is 10.3 Å². The molecule has 4 aromatic rings. The van der Waals surface area contributed by atoms with Crippen molar-refractivity contribution in [3.8, 4) is 11.9 Å².